The number of benzene rings is 1. The van der Waals surface area contributed by atoms with E-state index in [4.69, 9.17) is 0 Å². The van der Waals surface area contributed by atoms with Crippen molar-refractivity contribution in [3.8, 4) is 0 Å². The van der Waals surface area contributed by atoms with Crippen molar-refractivity contribution in [3.63, 3.8) is 0 Å². The Balaban J connectivity index is 1.74. The summed E-state index contributed by atoms with van der Waals surface area (Å²) in [6.45, 7) is 5.09. The predicted octanol–water partition coefficient (Wildman–Crippen LogP) is 4.09. The summed E-state index contributed by atoms with van der Waals surface area (Å²) in [6.07, 6.45) is 7.54. The van der Waals surface area contributed by atoms with Crippen LogP contribution >= 0.6 is 0 Å². The van der Waals surface area contributed by atoms with Crippen LogP contribution in [0.15, 0.2) is 18.2 Å². The zero-order valence-electron chi connectivity index (χ0n) is 13.1. The van der Waals surface area contributed by atoms with Gasteiger partial charge in [-0.3, -0.25) is 0 Å². The Kier molecular flexibility index (Phi) is 4.79. The molecular weight excluding hydrogens is 263 g/mol. The van der Waals surface area contributed by atoms with Crippen LogP contribution in [-0.4, -0.2) is 19.1 Å². The second-order valence-electron chi connectivity index (χ2n) is 6.58. The zero-order chi connectivity index (χ0) is 14.7. The number of halogens is 1. The predicted molar refractivity (Wildman–Crippen MR) is 86.1 cm³/mol. The minimum atomic E-state index is -0.0584. The molecule has 1 saturated heterocycles. The van der Waals surface area contributed by atoms with Crippen molar-refractivity contribution in [3.05, 3.63) is 29.6 Å². The van der Waals surface area contributed by atoms with Gasteiger partial charge in [0.15, 0.2) is 0 Å². The van der Waals surface area contributed by atoms with Crippen LogP contribution in [0.25, 0.3) is 0 Å². The van der Waals surface area contributed by atoms with Crippen LogP contribution in [0.5, 0.6) is 0 Å². The highest BCUT2D eigenvalue weighted by molar-refractivity contribution is 5.54. The molecule has 0 bridgehead atoms. The molecule has 1 atom stereocenters. The molecule has 21 heavy (non-hydrogen) atoms. The third kappa shape index (κ3) is 3.76. The van der Waals surface area contributed by atoms with Crippen LogP contribution in [0.1, 0.15) is 51.0 Å². The normalized spacial score (nSPS) is 23.1. The lowest BCUT2D eigenvalue weighted by Gasteiger charge is -2.26. The van der Waals surface area contributed by atoms with E-state index in [-0.39, 0.29) is 5.82 Å². The molecule has 116 valence electrons. The van der Waals surface area contributed by atoms with E-state index in [1.54, 1.807) is 6.07 Å². The van der Waals surface area contributed by atoms with Crippen LogP contribution in [0.4, 0.5) is 10.1 Å². The average molecular weight is 290 g/mol. The maximum Gasteiger partial charge on any atom is 0.129 e. The van der Waals surface area contributed by atoms with Crippen molar-refractivity contribution in [2.45, 2.75) is 58.0 Å². The molecule has 1 aromatic carbocycles. The average Bonchev–Trinajstić information content (AvgIpc) is 3.32. The van der Waals surface area contributed by atoms with E-state index in [2.05, 4.69) is 23.2 Å². The highest BCUT2D eigenvalue weighted by Gasteiger charge is 2.23. The topological polar surface area (TPSA) is 15.3 Å². The molecule has 1 aliphatic heterocycles. The minimum absolute atomic E-state index is 0.0584. The van der Waals surface area contributed by atoms with Gasteiger partial charge in [0.25, 0.3) is 0 Å². The Hall–Kier alpha value is -1.09. The quantitative estimate of drug-likeness (QED) is 0.878. The molecule has 3 heteroatoms. The molecule has 0 spiro atoms. The Morgan fingerprint density at radius 1 is 1.19 bits per heavy atom. The van der Waals surface area contributed by atoms with E-state index in [9.17, 15) is 4.39 Å². The third-order valence-electron chi connectivity index (χ3n) is 5.00. The highest BCUT2D eigenvalue weighted by Crippen LogP contribution is 2.29. The van der Waals surface area contributed by atoms with Gasteiger partial charge in [0, 0.05) is 36.9 Å². The van der Waals surface area contributed by atoms with Gasteiger partial charge >= 0.3 is 0 Å². The second-order valence-corrected chi connectivity index (χ2v) is 6.58. The second kappa shape index (κ2) is 6.78. The number of rotatable bonds is 5. The van der Waals surface area contributed by atoms with E-state index < -0.39 is 0 Å². The van der Waals surface area contributed by atoms with Crippen LogP contribution in [0, 0.1) is 11.7 Å². The van der Waals surface area contributed by atoms with Crippen LogP contribution in [0.3, 0.4) is 0 Å². The van der Waals surface area contributed by atoms with Crippen LogP contribution < -0.4 is 10.2 Å². The largest absolute Gasteiger partial charge is 0.371 e. The molecule has 1 saturated carbocycles. The summed E-state index contributed by atoms with van der Waals surface area (Å²) in [4.78, 5) is 2.41. The summed E-state index contributed by atoms with van der Waals surface area (Å²) < 4.78 is 14.3. The molecular formula is C18H27FN2. The number of anilines is 1. The first kappa shape index (κ1) is 14.8. The highest BCUT2D eigenvalue weighted by atomic mass is 19.1. The van der Waals surface area contributed by atoms with Gasteiger partial charge in [-0.25, -0.2) is 4.39 Å². The monoisotopic (exact) mass is 290 g/mol. The Bertz CT molecular complexity index is 470. The molecule has 3 rings (SSSR count). The lowest BCUT2D eigenvalue weighted by atomic mass is 9.98. The number of nitrogens with zero attached hydrogens (tertiary/aromatic N) is 1. The van der Waals surface area contributed by atoms with Gasteiger partial charge < -0.3 is 10.2 Å². The van der Waals surface area contributed by atoms with E-state index in [1.165, 1.54) is 38.5 Å². The van der Waals surface area contributed by atoms with Crippen molar-refractivity contribution in [2.75, 3.05) is 18.0 Å². The molecule has 0 aromatic heterocycles. The molecule has 1 aliphatic carbocycles. The van der Waals surface area contributed by atoms with Gasteiger partial charge in [-0.2, -0.15) is 0 Å². The van der Waals surface area contributed by atoms with Gasteiger partial charge in [0.05, 0.1) is 0 Å². The van der Waals surface area contributed by atoms with Crippen molar-refractivity contribution < 1.29 is 4.39 Å². The molecule has 2 fully saturated rings. The van der Waals surface area contributed by atoms with Gasteiger partial charge in [0.1, 0.15) is 5.82 Å². The lowest BCUT2D eigenvalue weighted by Crippen LogP contribution is -2.27. The van der Waals surface area contributed by atoms with Crippen molar-refractivity contribution in [1.82, 2.24) is 5.32 Å². The summed E-state index contributed by atoms with van der Waals surface area (Å²) in [5, 5.41) is 3.46. The number of hydrogen-bond donors (Lipinski definition) is 1. The van der Waals surface area contributed by atoms with E-state index in [0.717, 1.165) is 30.3 Å². The molecule has 0 amide bonds. The summed E-state index contributed by atoms with van der Waals surface area (Å²) >= 11 is 0. The fourth-order valence-electron chi connectivity index (χ4n) is 3.37. The van der Waals surface area contributed by atoms with Gasteiger partial charge in [-0.15, -0.1) is 0 Å². The van der Waals surface area contributed by atoms with Gasteiger partial charge in [0.2, 0.25) is 0 Å². The zero-order valence-corrected chi connectivity index (χ0v) is 13.1. The van der Waals surface area contributed by atoms with Crippen molar-refractivity contribution in [2.24, 2.45) is 5.92 Å². The molecule has 1 unspecified atom stereocenters. The van der Waals surface area contributed by atoms with Crippen molar-refractivity contribution >= 4 is 5.69 Å². The summed E-state index contributed by atoms with van der Waals surface area (Å²) in [5.74, 6) is 0.786. The smallest absolute Gasteiger partial charge is 0.129 e. The lowest BCUT2D eigenvalue weighted by molar-refractivity contribution is 0.459. The Labute approximate surface area is 127 Å². The molecule has 2 nitrogen and oxygen atoms in total. The molecule has 0 radical (unpaired) electrons. The minimum Gasteiger partial charge on any atom is -0.371 e. The number of nitrogens with one attached hydrogen (secondary N) is 1. The van der Waals surface area contributed by atoms with Crippen LogP contribution in [-0.2, 0) is 6.54 Å². The van der Waals surface area contributed by atoms with E-state index >= 15 is 0 Å². The molecule has 1 N–H and O–H groups in total. The molecule has 1 heterocycles. The summed E-state index contributed by atoms with van der Waals surface area (Å²) in [5.41, 5.74) is 1.97. The van der Waals surface area contributed by atoms with Gasteiger partial charge in [-0.05, 0) is 50.2 Å². The first-order valence-corrected chi connectivity index (χ1v) is 8.53. The fraction of sp³-hybridized carbons (Fsp3) is 0.667. The molecule has 1 aromatic rings. The molecule has 2 aliphatic rings. The summed E-state index contributed by atoms with van der Waals surface area (Å²) in [6, 6.07) is 6.17. The van der Waals surface area contributed by atoms with Gasteiger partial charge in [-0.1, -0.05) is 19.4 Å². The fourth-order valence-corrected chi connectivity index (χ4v) is 3.37. The Morgan fingerprint density at radius 3 is 2.81 bits per heavy atom. The van der Waals surface area contributed by atoms with E-state index in [0.29, 0.717) is 12.6 Å². The SMILES string of the molecule is CCC1CCCN(c2cccc(F)c2CNC2CC2)CC1. The first-order valence-electron chi connectivity index (χ1n) is 8.53. The number of hydrogen-bond acceptors (Lipinski definition) is 2. The van der Waals surface area contributed by atoms with Crippen molar-refractivity contribution in [1.29, 1.82) is 0 Å². The van der Waals surface area contributed by atoms with E-state index in [1.807, 2.05) is 6.07 Å². The summed E-state index contributed by atoms with van der Waals surface area (Å²) in [7, 11) is 0. The Morgan fingerprint density at radius 2 is 2.05 bits per heavy atom. The third-order valence-corrected chi connectivity index (χ3v) is 5.00. The standard InChI is InChI=1S/C18H27FN2/c1-2-14-5-4-11-21(12-10-14)18-7-3-6-17(19)16(18)13-20-15-8-9-15/h3,6-7,14-15,20H,2,4-5,8-13H2,1H3. The maximum absolute atomic E-state index is 14.3. The first-order chi connectivity index (χ1) is 10.3. The maximum atomic E-state index is 14.3. The van der Waals surface area contributed by atoms with Crippen LogP contribution in [0.2, 0.25) is 0 Å².